The van der Waals surface area contributed by atoms with Gasteiger partial charge in [0.1, 0.15) is 17.8 Å². The van der Waals surface area contributed by atoms with Crippen LogP contribution in [0.25, 0.3) is 0 Å². The number of aromatic nitrogens is 3. The Hall–Kier alpha value is -3.10. The summed E-state index contributed by atoms with van der Waals surface area (Å²) in [6.07, 6.45) is 1.39. The highest BCUT2D eigenvalue weighted by Gasteiger charge is 2.29. The molecule has 0 fully saturated rings. The zero-order chi connectivity index (χ0) is 17.1. The molecular weight excluding hydrogens is 314 g/mol. The number of rotatable bonds is 5. The Balaban J connectivity index is 1.67. The maximum Gasteiger partial charge on any atom is 0.232 e. The van der Waals surface area contributed by atoms with Gasteiger partial charge in [0.05, 0.1) is 32.4 Å². The fourth-order valence-electron chi connectivity index (χ4n) is 2.48. The Morgan fingerprint density at radius 3 is 3.00 bits per heavy atom. The van der Waals surface area contributed by atoms with Crippen LogP contribution in [0.15, 0.2) is 24.5 Å². The van der Waals surface area contributed by atoms with Crippen LogP contribution in [-0.2, 0) is 16.1 Å². The van der Waals surface area contributed by atoms with Gasteiger partial charge >= 0.3 is 0 Å². The molecule has 1 aliphatic heterocycles. The van der Waals surface area contributed by atoms with E-state index in [1.165, 1.54) is 13.4 Å². The van der Waals surface area contributed by atoms with Crippen LogP contribution in [0.2, 0.25) is 0 Å². The molecule has 1 aliphatic rings. The molecule has 3 rings (SSSR count). The van der Waals surface area contributed by atoms with Crippen LogP contribution in [0, 0.1) is 5.92 Å². The number of ether oxygens (including phenoxy) is 2. The van der Waals surface area contributed by atoms with Gasteiger partial charge in [0, 0.05) is 12.5 Å². The van der Waals surface area contributed by atoms with Crippen molar-refractivity contribution in [2.75, 3.05) is 24.9 Å². The van der Waals surface area contributed by atoms with Crippen LogP contribution in [0.3, 0.4) is 0 Å². The molecule has 0 saturated heterocycles. The van der Waals surface area contributed by atoms with E-state index in [1.807, 2.05) is 0 Å². The first-order valence-corrected chi connectivity index (χ1v) is 7.31. The molecule has 0 spiro atoms. The zero-order valence-electron chi connectivity index (χ0n) is 13.3. The van der Waals surface area contributed by atoms with E-state index in [0.717, 1.165) is 0 Å². The number of hydrogen-bond acceptors (Lipinski definition) is 6. The van der Waals surface area contributed by atoms with E-state index in [4.69, 9.17) is 9.47 Å². The minimum absolute atomic E-state index is 0.0281. The lowest BCUT2D eigenvalue weighted by atomic mass is 10.0. The number of fused-ring (bicyclic) bond motifs is 1. The van der Waals surface area contributed by atoms with Gasteiger partial charge in [0.15, 0.2) is 0 Å². The Morgan fingerprint density at radius 1 is 1.42 bits per heavy atom. The van der Waals surface area contributed by atoms with Gasteiger partial charge in [-0.25, -0.2) is 4.68 Å². The topological polar surface area (TPSA) is 107 Å². The van der Waals surface area contributed by atoms with Gasteiger partial charge in [-0.1, -0.05) is 0 Å². The van der Waals surface area contributed by atoms with Crippen molar-refractivity contribution < 1.29 is 19.1 Å². The standard InChI is InChI=1S/C15H17N5O4/c1-23-10-3-4-11(12(6-10)24-2)18-13(21)5-9-7-20-15(16-8-17-20)19-14(9)22/h3-4,6,8-9H,5,7H2,1-2H3,(H,18,21)(H,16,17,19,22)/t9-/m0/s1. The first-order chi connectivity index (χ1) is 11.6. The third kappa shape index (κ3) is 3.14. The number of amides is 2. The number of nitrogens with zero attached hydrogens (tertiary/aromatic N) is 3. The third-order valence-corrected chi connectivity index (χ3v) is 3.73. The van der Waals surface area contributed by atoms with Gasteiger partial charge in [-0.3, -0.25) is 14.9 Å². The van der Waals surface area contributed by atoms with Crippen molar-refractivity contribution in [3.63, 3.8) is 0 Å². The third-order valence-electron chi connectivity index (χ3n) is 3.73. The van der Waals surface area contributed by atoms with E-state index in [1.54, 1.807) is 30.0 Å². The largest absolute Gasteiger partial charge is 0.497 e. The highest BCUT2D eigenvalue weighted by molar-refractivity contribution is 5.98. The number of nitrogens with one attached hydrogen (secondary N) is 2. The van der Waals surface area contributed by atoms with Crippen molar-refractivity contribution >= 4 is 23.5 Å². The van der Waals surface area contributed by atoms with E-state index >= 15 is 0 Å². The van der Waals surface area contributed by atoms with Gasteiger partial charge < -0.3 is 14.8 Å². The minimum atomic E-state index is -0.511. The Bertz CT molecular complexity index is 773. The summed E-state index contributed by atoms with van der Waals surface area (Å²) < 4.78 is 11.9. The Kier molecular flexibility index (Phi) is 4.32. The van der Waals surface area contributed by atoms with Gasteiger partial charge in [-0.05, 0) is 12.1 Å². The fraction of sp³-hybridized carbons (Fsp3) is 0.333. The number of anilines is 2. The highest BCUT2D eigenvalue weighted by Crippen LogP contribution is 2.29. The van der Waals surface area contributed by atoms with Gasteiger partial charge in [-0.15, -0.1) is 0 Å². The van der Waals surface area contributed by atoms with Crippen LogP contribution in [0.4, 0.5) is 11.6 Å². The summed E-state index contributed by atoms with van der Waals surface area (Å²) in [4.78, 5) is 28.2. The highest BCUT2D eigenvalue weighted by atomic mass is 16.5. The average Bonchev–Trinajstić information content (AvgIpc) is 3.02. The molecule has 0 unspecified atom stereocenters. The first kappa shape index (κ1) is 15.8. The molecule has 1 atom stereocenters. The molecule has 0 bridgehead atoms. The molecule has 0 saturated carbocycles. The van der Waals surface area contributed by atoms with E-state index in [2.05, 4.69) is 20.7 Å². The molecule has 2 N–H and O–H groups in total. The van der Waals surface area contributed by atoms with Crippen molar-refractivity contribution in [2.45, 2.75) is 13.0 Å². The maximum atomic E-state index is 12.3. The lowest BCUT2D eigenvalue weighted by Crippen LogP contribution is -2.36. The summed E-state index contributed by atoms with van der Waals surface area (Å²) >= 11 is 0. The number of hydrogen-bond donors (Lipinski definition) is 2. The van der Waals surface area contributed by atoms with Crippen molar-refractivity contribution in [3.05, 3.63) is 24.5 Å². The lowest BCUT2D eigenvalue weighted by molar-refractivity contribution is -0.126. The normalized spacial score (nSPS) is 16.1. The number of carbonyl (C=O) groups excluding carboxylic acids is 2. The van der Waals surface area contributed by atoms with Crippen molar-refractivity contribution in [2.24, 2.45) is 5.92 Å². The molecule has 9 heteroatoms. The lowest BCUT2D eigenvalue weighted by Gasteiger charge is -2.22. The molecule has 1 aromatic carbocycles. The second kappa shape index (κ2) is 6.57. The van der Waals surface area contributed by atoms with E-state index in [0.29, 0.717) is 29.7 Å². The predicted octanol–water partition coefficient (Wildman–Crippen LogP) is 0.892. The summed E-state index contributed by atoms with van der Waals surface area (Å²) in [7, 11) is 3.05. The summed E-state index contributed by atoms with van der Waals surface area (Å²) in [5.74, 6) is 0.455. The second-order valence-corrected chi connectivity index (χ2v) is 5.27. The van der Waals surface area contributed by atoms with Crippen molar-refractivity contribution in [1.29, 1.82) is 0 Å². The monoisotopic (exact) mass is 331 g/mol. The predicted molar refractivity (Wildman–Crippen MR) is 84.9 cm³/mol. The SMILES string of the molecule is COc1ccc(NC(=O)C[C@H]2Cn3ncnc3NC2=O)c(OC)c1. The Morgan fingerprint density at radius 2 is 2.25 bits per heavy atom. The Labute approximate surface area is 138 Å². The van der Waals surface area contributed by atoms with Gasteiger partial charge in [0.25, 0.3) is 0 Å². The maximum absolute atomic E-state index is 12.3. The quantitative estimate of drug-likeness (QED) is 0.842. The fourth-order valence-corrected chi connectivity index (χ4v) is 2.48. The van der Waals surface area contributed by atoms with Crippen LogP contribution < -0.4 is 20.1 Å². The van der Waals surface area contributed by atoms with Crippen LogP contribution >= 0.6 is 0 Å². The zero-order valence-corrected chi connectivity index (χ0v) is 13.3. The molecule has 2 heterocycles. The van der Waals surface area contributed by atoms with Gasteiger partial charge in [0.2, 0.25) is 17.8 Å². The summed E-state index contributed by atoms with van der Waals surface area (Å²) in [6, 6.07) is 5.07. The second-order valence-electron chi connectivity index (χ2n) is 5.27. The molecular formula is C15H17N5O4. The smallest absolute Gasteiger partial charge is 0.232 e. The van der Waals surface area contributed by atoms with Crippen LogP contribution in [0.5, 0.6) is 11.5 Å². The minimum Gasteiger partial charge on any atom is -0.497 e. The van der Waals surface area contributed by atoms with Crippen LogP contribution in [-0.4, -0.2) is 40.8 Å². The van der Waals surface area contributed by atoms with E-state index in [-0.39, 0.29) is 18.2 Å². The number of carbonyl (C=O) groups is 2. The molecule has 0 radical (unpaired) electrons. The number of methoxy groups -OCH3 is 2. The first-order valence-electron chi connectivity index (χ1n) is 7.31. The van der Waals surface area contributed by atoms with Gasteiger partial charge in [-0.2, -0.15) is 10.1 Å². The molecule has 1 aromatic heterocycles. The summed E-state index contributed by atoms with van der Waals surface area (Å²) in [5, 5.41) is 9.38. The van der Waals surface area contributed by atoms with Crippen molar-refractivity contribution in [3.8, 4) is 11.5 Å². The molecule has 9 nitrogen and oxygen atoms in total. The summed E-state index contributed by atoms with van der Waals surface area (Å²) in [5.41, 5.74) is 0.515. The average molecular weight is 331 g/mol. The van der Waals surface area contributed by atoms with E-state index < -0.39 is 5.92 Å². The molecule has 24 heavy (non-hydrogen) atoms. The molecule has 2 aromatic rings. The molecule has 126 valence electrons. The summed E-state index contributed by atoms with van der Waals surface area (Å²) in [6.45, 7) is 0.314. The molecule has 0 aliphatic carbocycles. The molecule has 2 amide bonds. The number of benzene rings is 1. The van der Waals surface area contributed by atoms with Crippen LogP contribution in [0.1, 0.15) is 6.42 Å². The van der Waals surface area contributed by atoms with E-state index in [9.17, 15) is 9.59 Å². The van der Waals surface area contributed by atoms with Crippen molar-refractivity contribution in [1.82, 2.24) is 14.8 Å².